The maximum atomic E-state index is 12.3. The number of nitrogens with one attached hydrogen (secondary N) is 1. The zero-order valence-corrected chi connectivity index (χ0v) is 22.7. The van der Waals surface area contributed by atoms with E-state index >= 15 is 0 Å². The number of fused-ring (bicyclic) bond motifs is 1. The monoisotopic (exact) mass is 498 g/mol. The van der Waals surface area contributed by atoms with Crippen molar-refractivity contribution in [2.24, 2.45) is 11.8 Å². The zero-order chi connectivity index (χ0) is 25.8. The van der Waals surface area contributed by atoms with E-state index in [1.807, 2.05) is 0 Å². The Morgan fingerprint density at radius 1 is 1.15 bits per heavy atom. The van der Waals surface area contributed by atoms with Crippen LogP contribution in [0.1, 0.15) is 79.1 Å². The number of phosphoric acid groups is 1. The van der Waals surface area contributed by atoms with E-state index in [-0.39, 0.29) is 5.91 Å². The maximum Gasteiger partial charge on any atom is 0.262 e. The van der Waals surface area contributed by atoms with E-state index < -0.39 is 7.82 Å². The minimum atomic E-state index is -4.89. The summed E-state index contributed by atoms with van der Waals surface area (Å²) >= 11 is 0. The van der Waals surface area contributed by atoms with Gasteiger partial charge >= 0.3 is 0 Å². The predicted molar refractivity (Wildman–Crippen MR) is 137 cm³/mol. The number of hydrogen-bond acceptors (Lipinski definition) is 3. The third kappa shape index (κ3) is 13.6. The van der Waals surface area contributed by atoms with E-state index in [4.69, 9.17) is 19.2 Å². The highest BCUT2D eigenvalue weighted by Crippen LogP contribution is 2.36. The number of rotatable bonds is 10. The molecule has 4 atom stereocenters. The Morgan fingerprint density at radius 2 is 1.82 bits per heavy atom. The molecule has 2 rings (SSSR count). The second-order valence-corrected chi connectivity index (χ2v) is 11.5. The van der Waals surface area contributed by atoms with E-state index in [9.17, 15) is 4.79 Å². The molecule has 3 N–H and O–H groups in total. The van der Waals surface area contributed by atoms with Crippen molar-refractivity contribution in [2.45, 2.75) is 85.1 Å². The van der Waals surface area contributed by atoms with Gasteiger partial charge in [-0.2, -0.15) is 0 Å². The highest BCUT2D eigenvalue weighted by atomic mass is 31.2. The number of piperidine rings is 1. The standard InChI is InChI=1S/C26H44N2O.H3O4P/c1-21(2)10-8-11-22(3)12-9-13-23(4)15-16-26(29)27-20-24-17-19-28(5)18-7-6-14-25(24)28;1-5(2,3)4/h10,12,15-16,23-25H,6-9,11,13-14,17-20H2,1-5H3;(H3,1,2,3,4)/b16-15+,22-12+;. The highest BCUT2D eigenvalue weighted by Gasteiger charge is 2.46. The Labute approximate surface area is 206 Å². The van der Waals surface area contributed by atoms with Gasteiger partial charge in [0.2, 0.25) is 5.91 Å². The van der Waals surface area contributed by atoms with Gasteiger partial charge in [-0.3, -0.25) is 9.36 Å². The molecule has 0 aromatic carbocycles. The first-order valence-electron chi connectivity index (χ1n) is 12.7. The zero-order valence-electron chi connectivity index (χ0n) is 21.8. The van der Waals surface area contributed by atoms with E-state index in [1.54, 1.807) is 6.08 Å². The summed E-state index contributed by atoms with van der Waals surface area (Å²) in [6.07, 6.45) is 18.3. The van der Waals surface area contributed by atoms with E-state index in [1.165, 1.54) is 54.4 Å². The fourth-order valence-electron chi connectivity index (χ4n) is 5.14. The molecule has 2 aliphatic heterocycles. The summed E-state index contributed by atoms with van der Waals surface area (Å²) in [5.41, 5.74) is 2.87. The van der Waals surface area contributed by atoms with Crippen LogP contribution in [0.2, 0.25) is 0 Å². The molecule has 7 nitrogen and oxygen atoms in total. The molecule has 0 aliphatic carbocycles. The molecule has 0 aromatic heterocycles. The third-order valence-corrected chi connectivity index (χ3v) is 7.10. The summed E-state index contributed by atoms with van der Waals surface area (Å²) in [7, 11) is -2.47. The molecular formula is C26H47N2O5P. The number of carbonyl (C=O) groups is 1. The Morgan fingerprint density at radius 3 is 2.47 bits per heavy atom. The van der Waals surface area contributed by atoms with Crippen LogP contribution >= 0.6 is 7.82 Å². The summed E-state index contributed by atoms with van der Waals surface area (Å²) in [6.45, 7) is 12.2. The highest BCUT2D eigenvalue weighted by molar-refractivity contribution is 7.43. The van der Waals surface area contributed by atoms with Gasteiger partial charge in [0.1, 0.15) is 0 Å². The lowest BCUT2D eigenvalue weighted by atomic mass is 9.92. The Kier molecular flexibility index (Phi) is 13.6. The van der Waals surface area contributed by atoms with Crippen molar-refractivity contribution >= 4 is 13.7 Å². The van der Waals surface area contributed by atoms with Gasteiger partial charge in [-0.1, -0.05) is 36.3 Å². The second-order valence-electron chi connectivity index (χ2n) is 10.6. The topological polar surface area (TPSA) is 110 Å². The van der Waals surface area contributed by atoms with E-state index in [0.717, 1.165) is 38.3 Å². The van der Waals surface area contributed by atoms with Gasteiger partial charge in [-0.15, -0.1) is 0 Å². The van der Waals surface area contributed by atoms with Crippen molar-refractivity contribution in [3.63, 3.8) is 0 Å². The summed E-state index contributed by atoms with van der Waals surface area (Å²) in [6, 6.07) is 0.763. The average Bonchev–Trinajstić information content (AvgIpc) is 3.05. The van der Waals surface area contributed by atoms with Crippen molar-refractivity contribution < 1.29 is 28.5 Å². The van der Waals surface area contributed by atoms with Crippen LogP contribution < -0.4 is 10.2 Å². The quantitative estimate of drug-likeness (QED) is 0.181. The molecule has 2 saturated heterocycles. The molecule has 4 unspecified atom stereocenters. The molecule has 0 saturated carbocycles. The number of carbonyl (C=O) groups excluding carboxylic acids is 1. The van der Waals surface area contributed by atoms with Gasteiger partial charge in [0.05, 0.1) is 26.2 Å². The van der Waals surface area contributed by atoms with Crippen molar-refractivity contribution in [1.82, 2.24) is 5.32 Å². The largest absolute Gasteiger partial charge is 0.756 e. The number of quaternary nitrogens is 1. The van der Waals surface area contributed by atoms with Crippen molar-refractivity contribution in [3.8, 4) is 0 Å². The van der Waals surface area contributed by atoms with Crippen molar-refractivity contribution in [2.75, 3.05) is 26.7 Å². The molecule has 8 heteroatoms. The van der Waals surface area contributed by atoms with Crippen LogP contribution in [0.3, 0.4) is 0 Å². The van der Waals surface area contributed by atoms with Crippen LogP contribution in [-0.4, -0.2) is 52.9 Å². The molecule has 0 radical (unpaired) electrons. The summed E-state index contributed by atoms with van der Waals surface area (Å²) < 4.78 is 10.0. The number of nitrogens with zero attached hydrogens (tertiary/aromatic N) is 1. The smallest absolute Gasteiger partial charge is 0.262 e. The molecule has 34 heavy (non-hydrogen) atoms. The Hall–Kier alpha value is -1.24. The van der Waals surface area contributed by atoms with E-state index in [0.29, 0.717) is 11.8 Å². The van der Waals surface area contributed by atoms with Gasteiger partial charge in [0.15, 0.2) is 0 Å². The fourth-order valence-corrected chi connectivity index (χ4v) is 5.14. The van der Waals surface area contributed by atoms with Gasteiger partial charge in [0, 0.05) is 25.3 Å². The van der Waals surface area contributed by atoms with Crippen LogP contribution in [0.15, 0.2) is 35.5 Å². The van der Waals surface area contributed by atoms with Crippen molar-refractivity contribution in [3.05, 3.63) is 35.5 Å². The SMILES string of the molecule is CC(C)=CCC/C(C)=C/CCC(C)/C=C/C(=O)NCC1CC[N+]2(C)CCCCC12.O=P([O-])(O)O. The van der Waals surface area contributed by atoms with Crippen LogP contribution in [0, 0.1) is 11.8 Å². The van der Waals surface area contributed by atoms with Gasteiger partial charge in [-0.25, -0.2) is 0 Å². The van der Waals surface area contributed by atoms with Crippen LogP contribution in [0.5, 0.6) is 0 Å². The molecular weight excluding hydrogens is 451 g/mol. The number of allylic oxidation sites excluding steroid dienone is 5. The summed E-state index contributed by atoms with van der Waals surface area (Å²) in [5, 5.41) is 3.18. The van der Waals surface area contributed by atoms with Gasteiger partial charge in [-0.05, 0) is 71.3 Å². The Bertz CT molecular complexity index is 761. The number of amides is 1. The Balaban J connectivity index is 0.00000104. The third-order valence-electron chi connectivity index (χ3n) is 7.10. The molecule has 0 bridgehead atoms. The summed E-state index contributed by atoms with van der Waals surface area (Å²) in [4.78, 5) is 35.2. The first-order chi connectivity index (χ1) is 15.8. The van der Waals surface area contributed by atoms with Crippen LogP contribution in [0.4, 0.5) is 0 Å². The lowest BCUT2D eigenvalue weighted by Gasteiger charge is -2.41. The molecule has 2 heterocycles. The molecule has 2 aliphatic rings. The van der Waals surface area contributed by atoms with Crippen LogP contribution in [-0.2, 0) is 9.36 Å². The molecule has 0 aromatic rings. The molecule has 2 fully saturated rings. The predicted octanol–water partition coefficient (Wildman–Crippen LogP) is 4.23. The fraction of sp³-hybridized carbons (Fsp3) is 0.731. The first kappa shape index (κ1) is 30.8. The van der Waals surface area contributed by atoms with Crippen LogP contribution in [0.25, 0.3) is 0 Å². The number of hydrogen-bond donors (Lipinski definition) is 3. The lowest BCUT2D eigenvalue weighted by Crippen LogP contribution is -2.53. The minimum absolute atomic E-state index is 0.0854. The normalized spacial score (nSPS) is 25.8. The maximum absolute atomic E-state index is 12.3. The molecule has 196 valence electrons. The minimum Gasteiger partial charge on any atom is -0.756 e. The van der Waals surface area contributed by atoms with Gasteiger partial charge < -0.3 is 24.5 Å². The van der Waals surface area contributed by atoms with Crippen molar-refractivity contribution in [1.29, 1.82) is 0 Å². The summed E-state index contributed by atoms with van der Waals surface area (Å²) in [5.74, 6) is 1.18. The second kappa shape index (κ2) is 15.0. The lowest BCUT2D eigenvalue weighted by molar-refractivity contribution is -0.927. The average molecular weight is 499 g/mol. The van der Waals surface area contributed by atoms with Gasteiger partial charge in [0.25, 0.3) is 7.82 Å². The molecule has 1 amide bonds. The van der Waals surface area contributed by atoms with E-state index in [2.05, 4.69) is 58.3 Å². The molecule has 0 spiro atoms. The first-order valence-corrected chi connectivity index (χ1v) is 14.2.